The van der Waals surface area contributed by atoms with Gasteiger partial charge >= 0.3 is 11.9 Å². The summed E-state index contributed by atoms with van der Waals surface area (Å²) in [5.74, 6) is -9.82. The summed E-state index contributed by atoms with van der Waals surface area (Å²) in [5.41, 5.74) is 5.70. The van der Waals surface area contributed by atoms with Gasteiger partial charge in [0.25, 0.3) is 11.5 Å². The topological polar surface area (TPSA) is 479 Å². The number of carboxylic acid groups (broad SMARTS) is 2. The van der Waals surface area contributed by atoms with E-state index in [1.54, 1.807) is 0 Å². The van der Waals surface area contributed by atoms with E-state index in [4.69, 9.17) is 10.8 Å². The van der Waals surface area contributed by atoms with Gasteiger partial charge in [-0.15, -0.1) is 0 Å². The SMILES string of the molecule is CC(=O)[C@@H](NC(=O)[C@H](CC(=O)O)NC(=O)[C@@H](NC(=O)CC[C@H](NC(=O)c1ccc(NCc2cnc3nc(N)[nH]c(=O)c3n2)cc1)C(=O)O)[C@@H](O)[C@H](O)[C@H](O)CO)[C@@H](O)[C@H](O)[C@H](O)CO. The third-order valence-electron chi connectivity index (χ3n) is 9.26. The number of hydrogen-bond donors (Lipinski definition) is 17. The Kier molecular flexibility index (Phi) is 19.0. The molecule has 18 N–H and O–H groups in total. The molecule has 10 atom stereocenters. The van der Waals surface area contributed by atoms with Gasteiger partial charge in [-0.05, 0) is 37.6 Å². The van der Waals surface area contributed by atoms with Crippen LogP contribution in [0.4, 0.5) is 11.6 Å². The molecule has 0 spiro atoms. The molecule has 0 radical (unpaired) electrons. The molecule has 0 aliphatic rings. The van der Waals surface area contributed by atoms with Crippen molar-refractivity contribution in [3.05, 3.63) is 52.1 Å². The number of carboxylic acids is 2. The summed E-state index contributed by atoms with van der Waals surface area (Å²) in [4.78, 5) is 115. The van der Waals surface area contributed by atoms with Gasteiger partial charge in [0, 0.05) is 17.7 Å². The molecule has 4 amide bonds. The van der Waals surface area contributed by atoms with E-state index in [0.29, 0.717) is 11.4 Å². The first kappa shape index (κ1) is 51.6. The van der Waals surface area contributed by atoms with Crippen LogP contribution in [0.1, 0.15) is 42.2 Å². The predicted molar refractivity (Wildman–Crippen MR) is 213 cm³/mol. The largest absolute Gasteiger partial charge is 0.481 e. The Balaban J connectivity index is 1.71. The fraction of sp³-hybridized carbons (Fsp3) is 0.472. The number of ketones is 1. The number of aromatic amines is 1. The van der Waals surface area contributed by atoms with Crippen molar-refractivity contribution in [2.45, 2.75) is 93.5 Å². The summed E-state index contributed by atoms with van der Waals surface area (Å²) < 4.78 is 0. The molecule has 3 rings (SSSR count). The first-order valence-electron chi connectivity index (χ1n) is 18.9. The van der Waals surface area contributed by atoms with Crippen LogP contribution in [0.5, 0.6) is 0 Å². The summed E-state index contributed by atoms with van der Waals surface area (Å²) in [6.45, 7) is -1.38. The summed E-state index contributed by atoms with van der Waals surface area (Å²) >= 11 is 0. The highest BCUT2D eigenvalue weighted by atomic mass is 16.4. The molecule has 0 aliphatic carbocycles. The number of hydrogen-bond acceptors (Lipinski definition) is 21. The monoisotopic (exact) mass is 908 g/mol. The number of rotatable bonds is 25. The fourth-order valence-electron chi connectivity index (χ4n) is 5.71. The molecule has 2 aromatic heterocycles. The minimum Gasteiger partial charge on any atom is -0.481 e. The zero-order valence-corrected chi connectivity index (χ0v) is 33.6. The number of aliphatic hydroxyl groups is 8. The summed E-state index contributed by atoms with van der Waals surface area (Å²) in [6.07, 6.45) is -14.9. The van der Waals surface area contributed by atoms with Crippen molar-refractivity contribution in [1.82, 2.24) is 41.2 Å². The van der Waals surface area contributed by atoms with E-state index in [1.807, 2.05) is 16.0 Å². The van der Waals surface area contributed by atoms with Crippen LogP contribution in [0.3, 0.4) is 0 Å². The zero-order valence-electron chi connectivity index (χ0n) is 33.6. The van der Waals surface area contributed by atoms with Crippen molar-refractivity contribution < 1.29 is 84.6 Å². The number of nitrogens with two attached hydrogens (primary N) is 1. The molecule has 28 nitrogen and oxygen atoms in total. The van der Waals surface area contributed by atoms with Crippen LogP contribution >= 0.6 is 0 Å². The van der Waals surface area contributed by atoms with Crippen molar-refractivity contribution in [2.24, 2.45) is 0 Å². The summed E-state index contributed by atoms with van der Waals surface area (Å²) in [6, 6.07) is -2.82. The Morgan fingerprint density at radius 2 is 1.34 bits per heavy atom. The Bertz CT molecular complexity index is 2210. The Labute approximate surface area is 359 Å². The fourth-order valence-corrected chi connectivity index (χ4v) is 5.71. The highest BCUT2D eigenvalue weighted by Crippen LogP contribution is 2.14. The van der Waals surface area contributed by atoms with Crippen LogP contribution < -0.4 is 37.9 Å². The number of amides is 4. The minimum atomic E-state index is -2.52. The number of anilines is 2. The maximum Gasteiger partial charge on any atom is 0.326 e. The predicted octanol–water partition coefficient (Wildman–Crippen LogP) is -7.46. The van der Waals surface area contributed by atoms with Gasteiger partial charge in [0.2, 0.25) is 23.7 Å². The molecule has 3 aromatic rings. The molecule has 0 bridgehead atoms. The molecule has 350 valence electrons. The zero-order chi connectivity index (χ0) is 48.0. The van der Waals surface area contributed by atoms with Gasteiger partial charge in [-0.1, -0.05) is 0 Å². The number of nitrogens with one attached hydrogen (secondary N) is 6. The second-order valence-electron chi connectivity index (χ2n) is 14.1. The third kappa shape index (κ3) is 14.4. The van der Waals surface area contributed by atoms with E-state index in [2.05, 4.69) is 30.6 Å². The van der Waals surface area contributed by atoms with Crippen LogP contribution in [0.25, 0.3) is 11.2 Å². The number of nitrogens with zero attached hydrogens (tertiary/aromatic N) is 3. The number of H-pyrrole nitrogens is 1. The number of aliphatic carboxylic acids is 2. The molecule has 0 saturated carbocycles. The highest BCUT2D eigenvalue weighted by molar-refractivity contribution is 5.98. The number of aliphatic hydroxyl groups excluding tert-OH is 8. The number of carbonyl (C=O) groups is 7. The number of fused-ring (bicyclic) bond motifs is 1. The average molecular weight is 909 g/mol. The Morgan fingerprint density at radius 3 is 1.89 bits per heavy atom. The maximum absolute atomic E-state index is 13.5. The Hall–Kier alpha value is -6.79. The average Bonchev–Trinajstić information content (AvgIpc) is 3.25. The van der Waals surface area contributed by atoms with Crippen LogP contribution in [-0.2, 0) is 35.3 Å². The van der Waals surface area contributed by atoms with Crippen LogP contribution in [-0.4, -0.2) is 186 Å². The second kappa shape index (κ2) is 23.6. The maximum atomic E-state index is 13.5. The van der Waals surface area contributed by atoms with Crippen molar-refractivity contribution >= 4 is 64.2 Å². The third-order valence-corrected chi connectivity index (χ3v) is 9.26. The van der Waals surface area contributed by atoms with Crippen LogP contribution in [0.2, 0.25) is 0 Å². The first-order chi connectivity index (χ1) is 30.1. The van der Waals surface area contributed by atoms with Crippen molar-refractivity contribution in [3.8, 4) is 0 Å². The van der Waals surface area contributed by atoms with Gasteiger partial charge in [0.05, 0.1) is 38.1 Å². The molecular weight excluding hydrogens is 860 g/mol. The lowest BCUT2D eigenvalue weighted by atomic mass is 9.97. The van der Waals surface area contributed by atoms with Gasteiger partial charge in [0.15, 0.2) is 16.9 Å². The van der Waals surface area contributed by atoms with Crippen LogP contribution in [0.15, 0.2) is 35.3 Å². The second-order valence-corrected chi connectivity index (χ2v) is 14.1. The lowest BCUT2D eigenvalue weighted by Gasteiger charge is -2.31. The highest BCUT2D eigenvalue weighted by Gasteiger charge is 2.40. The van der Waals surface area contributed by atoms with Gasteiger partial charge in [-0.3, -0.25) is 38.5 Å². The molecule has 64 heavy (non-hydrogen) atoms. The molecule has 0 aliphatic heterocycles. The van der Waals surface area contributed by atoms with E-state index in [-0.39, 0.29) is 29.2 Å². The molecule has 0 unspecified atom stereocenters. The number of nitrogen functional groups attached to an aromatic ring is 1. The van der Waals surface area contributed by atoms with E-state index >= 15 is 0 Å². The Morgan fingerprint density at radius 1 is 0.750 bits per heavy atom. The molecule has 0 saturated heterocycles. The summed E-state index contributed by atoms with van der Waals surface area (Å²) in [5, 5.41) is 110. The lowest BCUT2D eigenvalue weighted by Crippen LogP contribution is -2.63. The van der Waals surface area contributed by atoms with Gasteiger partial charge in [0.1, 0.15) is 60.8 Å². The molecule has 28 heteroatoms. The molecule has 1 aromatic carbocycles. The van der Waals surface area contributed by atoms with Gasteiger partial charge < -0.3 is 83.4 Å². The first-order valence-corrected chi connectivity index (χ1v) is 18.9. The van der Waals surface area contributed by atoms with Crippen LogP contribution in [0, 0.1) is 0 Å². The van der Waals surface area contributed by atoms with Crippen molar-refractivity contribution in [1.29, 1.82) is 0 Å². The standard InChI is InChI=1S/C36H48N10O18/c1-13(49)23(28(57)26(55)19(50)11-47)44-32(60)18(8-22(53)54)42-33(61)24(29(58)27(56)20(51)12-48)43-21(52)7-6-17(35(63)64)41-31(59)14-2-4-15(5-3-14)38-9-16-10-39-30-25(40-16)34(62)46-36(37)45-30/h2-5,10,17-20,23-24,26-29,38,47-48,50-51,55-58H,6-9,11-12H2,1H3,(H,41,59)(H,42,61)(H,43,52)(H,44,60)(H,53,54)(H,63,64)(H3,37,39,45,46,62)/t17-,18-,19+,20+,23+,24-,26+,27+,28+,29+/m0/s1. The van der Waals surface area contributed by atoms with E-state index in [1.165, 1.54) is 30.5 Å². The van der Waals surface area contributed by atoms with Crippen molar-refractivity contribution in [3.63, 3.8) is 0 Å². The molecule has 2 heterocycles. The molecular formula is C36H48N10O18. The number of Topliss-reactive ketones (excluding diaryl/α,β-unsaturated/α-hetero) is 1. The van der Waals surface area contributed by atoms with Crippen molar-refractivity contribution in [2.75, 3.05) is 24.3 Å². The number of benzene rings is 1. The minimum absolute atomic E-state index is 0.0266. The number of aromatic nitrogens is 4. The normalized spacial score (nSPS) is 16.0. The smallest absolute Gasteiger partial charge is 0.326 e. The van der Waals surface area contributed by atoms with Gasteiger partial charge in [-0.2, -0.15) is 4.98 Å². The number of carbonyl (C=O) groups excluding carboxylic acids is 5. The quantitative estimate of drug-likeness (QED) is 0.0375. The van der Waals surface area contributed by atoms with E-state index in [0.717, 1.165) is 6.92 Å². The van der Waals surface area contributed by atoms with E-state index < -0.39 is 140 Å². The van der Waals surface area contributed by atoms with E-state index in [9.17, 15) is 84.3 Å². The molecule has 0 fully saturated rings. The summed E-state index contributed by atoms with van der Waals surface area (Å²) in [7, 11) is 0. The lowest BCUT2D eigenvalue weighted by molar-refractivity contribution is -0.145. The van der Waals surface area contributed by atoms with Gasteiger partial charge in [-0.25, -0.2) is 14.8 Å².